The highest BCUT2D eigenvalue weighted by molar-refractivity contribution is 6.36. The van der Waals surface area contributed by atoms with Crippen LogP contribution in [0.4, 0.5) is 0 Å². The van der Waals surface area contributed by atoms with Gasteiger partial charge < -0.3 is 14.8 Å². The van der Waals surface area contributed by atoms with Gasteiger partial charge in [-0.25, -0.2) is 5.43 Å². The Kier molecular flexibility index (Phi) is 8.95. The first-order chi connectivity index (χ1) is 14.3. The molecule has 0 saturated carbocycles. The number of carbonyl (C=O) groups is 2. The molecule has 0 aliphatic heterocycles. The smallest absolute Gasteiger partial charge is 0.329 e. The van der Waals surface area contributed by atoms with Gasteiger partial charge in [-0.15, -0.1) is 0 Å². The normalized spacial score (nSPS) is 11.8. The van der Waals surface area contributed by atoms with Crippen molar-refractivity contribution in [2.75, 3.05) is 7.11 Å². The second-order valence-corrected chi connectivity index (χ2v) is 7.20. The number of halogens is 2. The Labute approximate surface area is 185 Å². The minimum absolute atomic E-state index is 0.0929. The third kappa shape index (κ3) is 6.64. The predicted molar refractivity (Wildman–Crippen MR) is 117 cm³/mol. The van der Waals surface area contributed by atoms with E-state index in [2.05, 4.69) is 15.8 Å². The molecule has 160 valence electrons. The molecule has 0 heterocycles. The summed E-state index contributed by atoms with van der Waals surface area (Å²) in [6, 6.07) is 10.2. The van der Waals surface area contributed by atoms with E-state index in [0.717, 1.165) is 6.42 Å². The van der Waals surface area contributed by atoms with Crippen LogP contribution < -0.4 is 20.2 Å². The van der Waals surface area contributed by atoms with Gasteiger partial charge in [0, 0.05) is 21.7 Å². The Morgan fingerprint density at radius 3 is 2.47 bits per heavy atom. The summed E-state index contributed by atoms with van der Waals surface area (Å²) in [5.41, 5.74) is 3.50. The fourth-order valence-corrected chi connectivity index (χ4v) is 2.82. The summed E-state index contributed by atoms with van der Waals surface area (Å²) in [5, 5.41) is 7.38. The molecule has 0 aliphatic carbocycles. The van der Waals surface area contributed by atoms with Gasteiger partial charge in [0.15, 0.2) is 11.5 Å². The SMILES string of the molecule is CC[C@@H](C)NC(=O)C(=O)N/N=C\c1ccc(OCc2c(Cl)cccc2Cl)c(OC)c1. The van der Waals surface area contributed by atoms with Gasteiger partial charge in [-0.3, -0.25) is 9.59 Å². The maximum absolute atomic E-state index is 11.7. The fourth-order valence-electron chi connectivity index (χ4n) is 2.31. The highest BCUT2D eigenvalue weighted by Gasteiger charge is 2.14. The van der Waals surface area contributed by atoms with Gasteiger partial charge in [0.05, 0.1) is 13.3 Å². The van der Waals surface area contributed by atoms with E-state index in [0.29, 0.717) is 32.7 Å². The van der Waals surface area contributed by atoms with Crippen molar-refractivity contribution in [1.82, 2.24) is 10.7 Å². The number of hydrazone groups is 1. The molecule has 0 fully saturated rings. The number of nitrogens with zero attached hydrogens (tertiary/aromatic N) is 1. The molecule has 1 atom stereocenters. The molecule has 2 aromatic rings. The van der Waals surface area contributed by atoms with Crippen molar-refractivity contribution in [1.29, 1.82) is 0 Å². The summed E-state index contributed by atoms with van der Waals surface area (Å²) in [7, 11) is 1.51. The Morgan fingerprint density at radius 1 is 1.13 bits per heavy atom. The van der Waals surface area contributed by atoms with E-state index in [1.54, 1.807) is 36.4 Å². The molecule has 2 N–H and O–H groups in total. The number of carbonyl (C=O) groups excluding carboxylic acids is 2. The van der Waals surface area contributed by atoms with Crippen molar-refractivity contribution in [2.24, 2.45) is 5.10 Å². The molecule has 30 heavy (non-hydrogen) atoms. The van der Waals surface area contributed by atoms with Gasteiger partial charge in [0.1, 0.15) is 6.61 Å². The lowest BCUT2D eigenvalue weighted by Crippen LogP contribution is -2.41. The van der Waals surface area contributed by atoms with Crippen LogP contribution in [-0.2, 0) is 16.2 Å². The Morgan fingerprint density at radius 2 is 1.83 bits per heavy atom. The number of hydrogen-bond acceptors (Lipinski definition) is 5. The average Bonchev–Trinajstić information content (AvgIpc) is 2.73. The zero-order valence-electron chi connectivity index (χ0n) is 16.9. The number of ether oxygens (including phenoxy) is 2. The monoisotopic (exact) mass is 451 g/mol. The van der Waals surface area contributed by atoms with Crippen LogP contribution in [-0.4, -0.2) is 31.2 Å². The van der Waals surface area contributed by atoms with Crippen molar-refractivity contribution in [2.45, 2.75) is 32.9 Å². The third-order valence-corrected chi connectivity index (χ3v) is 4.91. The highest BCUT2D eigenvalue weighted by Crippen LogP contribution is 2.31. The van der Waals surface area contributed by atoms with Gasteiger partial charge in [-0.1, -0.05) is 36.2 Å². The largest absolute Gasteiger partial charge is 0.493 e. The molecule has 7 nitrogen and oxygen atoms in total. The fraction of sp³-hybridized carbons (Fsp3) is 0.286. The highest BCUT2D eigenvalue weighted by atomic mass is 35.5. The van der Waals surface area contributed by atoms with Crippen LogP contribution in [0.2, 0.25) is 10.0 Å². The van der Waals surface area contributed by atoms with E-state index in [-0.39, 0.29) is 12.6 Å². The molecule has 0 radical (unpaired) electrons. The molecular weight excluding hydrogens is 429 g/mol. The van der Waals surface area contributed by atoms with Crippen molar-refractivity contribution < 1.29 is 19.1 Å². The van der Waals surface area contributed by atoms with Gasteiger partial charge in [-0.2, -0.15) is 5.10 Å². The number of hydrogen-bond donors (Lipinski definition) is 2. The summed E-state index contributed by atoms with van der Waals surface area (Å²) < 4.78 is 11.1. The summed E-state index contributed by atoms with van der Waals surface area (Å²) in [4.78, 5) is 23.4. The van der Waals surface area contributed by atoms with Crippen LogP contribution in [0, 0.1) is 0 Å². The molecule has 0 aromatic heterocycles. The minimum atomic E-state index is -0.838. The quantitative estimate of drug-likeness (QED) is 0.361. The number of benzene rings is 2. The molecule has 0 aliphatic rings. The Balaban J connectivity index is 2.00. The van der Waals surface area contributed by atoms with Gasteiger partial charge >= 0.3 is 11.8 Å². The molecule has 2 aromatic carbocycles. The van der Waals surface area contributed by atoms with E-state index < -0.39 is 11.8 Å². The Hall–Kier alpha value is -2.77. The molecule has 0 saturated heterocycles. The third-order valence-electron chi connectivity index (χ3n) is 4.20. The summed E-state index contributed by atoms with van der Waals surface area (Å²) >= 11 is 12.3. The first kappa shape index (κ1) is 23.5. The summed E-state index contributed by atoms with van der Waals surface area (Å²) in [6.07, 6.45) is 2.12. The molecule has 0 bridgehead atoms. The van der Waals surface area contributed by atoms with Crippen molar-refractivity contribution in [3.63, 3.8) is 0 Å². The lowest BCUT2D eigenvalue weighted by atomic mass is 10.2. The predicted octanol–water partition coefficient (Wildman–Crippen LogP) is 3.95. The molecule has 2 rings (SSSR count). The van der Waals surface area contributed by atoms with Crippen molar-refractivity contribution in [3.05, 3.63) is 57.6 Å². The lowest BCUT2D eigenvalue weighted by molar-refractivity contribution is -0.139. The number of nitrogens with one attached hydrogen (secondary N) is 2. The van der Waals surface area contributed by atoms with Crippen LogP contribution in [0.1, 0.15) is 31.4 Å². The Bertz CT molecular complexity index is 914. The second-order valence-electron chi connectivity index (χ2n) is 6.38. The molecular formula is C21H23Cl2N3O4. The van der Waals surface area contributed by atoms with Crippen molar-refractivity contribution >= 4 is 41.2 Å². The van der Waals surface area contributed by atoms with Crippen LogP contribution in [0.5, 0.6) is 11.5 Å². The first-order valence-electron chi connectivity index (χ1n) is 9.23. The second kappa shape index (κ2) is 11.4. The van der Waals surface area contributed by atoms with Crippen LogP contribution >= 0.6 is 23.2 Å². The average molecular weight is 452 g/mol. The van der Waals surface area contributed by atoms with Gasteiger partial charge in [-0.05, 0) is 49.2 Å². The van der Waals surface area contributed by atoms with Crippen LogP contribution in [0.25, 0.3) is 0 Å². The van der Waals surface area contributed by atoms with E-state index in [1.165, 1.54) is 13.3 Å². The maximum atomic E-state index is 11.7. The lowest BCUT2D eigenvalue weighted by Gasteiger charge is -2.13. The summed E-state index contributed by atoms with van der Waals surface area (Å²) in [5.74, 6) is -0.623. The standard InChI is InChI=1S/C21H23Cl2N3O4/c1-4-13(2)25-20(27)21(28)26-24-11-14-8-9-18(19(10-14)29-3)30-12-15-16(22)6-5-7-17(15)23/h5-11,13H,4,12H2,1-3H3,(H,25,27)(H,26,28)/b24-11-/t13-/m1/s1. The number of amides is 2. The summed E-state index contributed by atoms with van der Waals surface area (Å²) in [6.45, 7) is 3.89. The number of rotatable bonds is 8. The minimum Gasteiger partial charge on any atom is -0.493 e. The zero-order chi connectivity index (χ0) is 22.1. The molecule has 0 spiro atoms. The topological polar surface area (TPSA) is 89.0 Å². The van der Waals surface area contributed by atoms with Crippen LogP contribution in [0.3, 0.4) is 0 Å². The van der Waals surface area contributed by atoms with E-state index >= 15 is 0 Å². The van der Waals surface area contributed by atoms with Crippen LogP contribution in [0.15, 0.2) is 41.5 Å². The first-order valence-corrected chi connectivity index (χ1v) is 9.98. The van der Waals surface area contributed by atoms with Crippen molar-refractivity contribution in [3.8, 4) is 11.5 Å². The molecule has 2 amide bonds. The maximum Gasteiger partial charge on any atom is 0.329 e. The molecule has 9 heteroatoms. The van der Waals surface area contributed by atoms with E-state index in [9.17, 15) is 9.59 Å². The number of methoxy groups -OCH3 is 1. The van der Waals surface area contributed by atoms with Gasteiger partial charge in [0.25, 0.3) is 0 Å². The van der Waals surface area contributed by atoms with E-state index in [1.807, 2.05) is 13.8 Å². The van der Waals surface area contributed by atoms with Gasteiger partial charge in [0.2, 0.25) is 0 Å². The zero-order valence-corrected chi connectivity index (χ0v) is 18.4. The van der Waals surface area contributed by atoms with E-state index in [4.69, 9.17) is 32.7 Å². The molecule has 0 unspecified atom stereocenters.